The Hall–Kier alpha value is -0.830. The largest absolute Gasteiger partial charge is 0.317 e. The minimum atomic E-state index is 0.422. The number of rotatable bonds is 0. The van der Waals surface area contributed by atoms with Crippen molar-refractivity contribution >= 4 is 0 Å². The molecule has 1 aliphatic carbocycles. The van der Waals surface area contributed by atoms with Crippen LogP contribution in [0, 0.1) is 6.92 Å². The van der Waals surface area contributed by atoms with Gasteiger partial charge in [-0.1, -0.05) is 0 Å². The topological polar surface area (TPSA) is 40.7 Å². The van der Waals surface area contributed by atoms with E-state index in [4.69, 9.17) is 0 Å². The Morgan fingerprint density at radius 3 is 2.79 bits per heavy atom. The van der Waals surface area contributed by atoms with Gasteiger partial charge in [0.15, 0.2) is 0 Å². The van der Waals surface area contributed by atoms with Gasteiger partial charge in [-0.2, -0.15) is 5.10 Å². The Bertz CT molecular complexity index is 347. The molecule has 0 unspecified atom stereocenters. The first kappa shape index (κ1) is 8.48. The number of nitrogens with one attached hydrogen (secondary N) is 2. The van der Waals surface area contributed by atoms with Gasteiger partial charge in [0.2, 0.25) is 0 Å². The van der Waals surface area contributed by atoms with Crippen LogP contribution in [0.5, 0.6) is 0 Å². The van der Waals surface area contributed by atoms with E-state index >= 15 is 0 Å². The van der Waals surface area contributed by atoms with Crippen molar-refractivity contribution in [3.05, 3.63) is 17.0 Å². The van der Waals surface area contributed by atoms with Crippen molar-refractivity contribution in [2.75, 3.05) is 13.1 Å². The molecule has 14 heavy (non-hydrogen) atoms. The maximum absolute atomic E-state index is 4.52. The number of hydrogen-bond acceptors (Lipinski definition) is 2. The van der Waals surface area contributed by atoms with E-state index in [1.54, 1.807) is 0 Å². The molecule has 76 valence electrons. The summed E-state index contributed by atoms with van der Waals surface area (Å²) in [6.45, 7) is 4.46. The van der Waals surface area contributed by atoms with Crippen molar-refractivity contribution in [2.24, 2.45) is 0 Å². The molecule has 0 atom stereocenters. The second-order valence-corrected chi connectivity index (χ2v) is 4.71. The Balaban J connectivity index is 2.03. The van der Waals surface area contributed by atoms with Gasteiger partial charge < -0.3 is 5.32 Å². The Labute approximate surface area is 84.3 Å². The average Bonchev–Trinajstić information content (AvgIpc) is 2.73. The standard InChI is InChI=1S/C11H17N3/c1-8-9-2-3-11(10(9)14-13-8)4-6-12-7-5-11/h12H,2-7H2,1H3,(H,13,14). The summed E-state index contributed by atoms with van der Waals surface area (Å²) >= 11 is 0. The molecule has 1 spiro atoms. The minimum absolute atomic E-state index is 0.422. The van der Waals surface area contributed by atoms with E-state index in [1.807, 2.05) is 0 Å². The zero-order chi connectivity index (χ0) is 9.60. The monoisotopic (exact) mass is 191 g/mol. The molecule has 3 rings (SSSR count). The molecule has 0 bridgehead atoms. The number of piperidine rings is 1. The summed E-state index contributed by atoms with van der Waals surface area (Å²) in [5.41, 5.74) is 4.60. The molecular formula is C11H17N3. The summed E-state index contributed by atoms with van der Waals surface area (Å²) in [6, 6.07) is 0. The Morgan fingerprint density at radius 2 is 2.00 bits per heavy atom. The zero-order valence-electron chi connectivity index (χ0n) is 8.69. The van der Waals surface area contributed by atoms with E-state index in [-0.39, 0.29) is 0 Å². The van der Waals surface area contributed by atoms with Crippen molar-refractivity contribution in [2.45, 2.75) is 38.0 Å². The van der Waals surface area contributed by atoms with Crippen molar-refractivity contribution in [3.63, 3.8) is 0 Å². The fourth-order valence-corrected chi connectivity index (χ4v) is 3.07. The Morgan fingerprint density at radius 1 is 1.21 bits per heavy atom. The van der Waals surface area contributed by atoms with Crippen molar-refractivity contribution < 1.29 is 0 Å². The smallest absolute Gasteiger partial charge is 0.0719 e. The van der Waals surface area contributed by atoms with Crippen molar-refractivity contribution in [3.8, 4) is 0 Å². The van der Waals surface area contributed by atoms with Crippen LogP contribution < -0.4 is 5.32 Å². The van der Waals surface area contributed by atoms with Crippen LogP contribution in [0.15, 0.2) is 0 Å². The number of aromatic amines is 1. The second-order valence-electron chi connectivity index (χ2n) is 4.71. The number of aryl methyl sites for hydroxylation is 1. The third-order valence-electron chi connectivity index (χ3n) is 3.99. The molecule has 1 saturated heterocycles. The van der Waals surface area contributed by atoms with Crippen LogP contribution in [0.3, 0.4) is 0 Å². The van der Waals surface area contributed by atoms with Crippen LogP contribution >= 0.6 is 0 Å². The van der Waals surface area contributed by atoms with E-state index in [9.17, 15) is 0 Å². The van der Waals surface area contributed by atoms with Crippen molar-refractivity contribution in [1.29, 1.82) is 0 Å². The van der Waals surface area contributed by atoms with Gasteiger partial charge in [-0.05, 0) is 51.3 Å². The van der Waals surface area contributed by atoms with Gasteiger partial charge in [0.05, 0.1) is 5.69 Å². The molecule has 1 aromatic rings. The summed E-state index contributed by atoms with van der Waals surface area (Å²) in [5, 5.41) is 11.1. The third kappa shape index (κ3) is 0.989. The van der Waals surface area contributed by atoms with Crippen LogP contribution in [0.2, 0.25) is 0 Å². The normalized spacial score (nSPS) is 24.1. The van der Waals surface area contributed by atoms with E-state index in [0.717, 1.165) is 13.1 Å². The average molecular weight is 191 g/mol. The van der Waals surface area contributed by atoms with Crippen LogP contribution in [0.4, 0.5) is 0 Å². The fourth-order valence-electron chi connectivity index (χ4n) is 3.07. The molecular weight excluding hydrogens is 174 g/mol. The van der Waals surface area contributed by atoms with Gasteiger partial charge in [-0.3, -0.25) is 5.10 Å². The van der Waals surface area contributed by atoms with Gasteiger partial charge in [0.1, 0.15) is 0 Å². The lowest BCUT2D eigenvalue weighted by Crippen LogP contribution is -2.38. The van der Waals surface area contributed by atoms with Gasteiger partial charge in [-0.15, -0.1) is 0 Å². The molecule has 1 aromatic heterocycles. The van der Waals surface area contributed by atoms with E-state index in [1.165, 1.54) is 42.6 Å². The molecule has 1 aliphatic heterocycles. The maximum atomic E-state index is 4.52. The highest BCUT2D eigenvalue weighted by molar-refractivity contribution is 5.37. The molecule has 0 saturated carbocycles. The lowest BCUT2D eigenvalue weighted by molar-refractivity contribution is 0.299. The van der Waals surface area contributed by atoms with E-state index < -0.39 is 0 Å². The highest BCUT2D eigenvalue weighted by Gasteiger charge is 2.42. The number of nitrogens with zero attached hydrogens (tertiary/aromatic N) is 1. The van der Waals surface area contributed by atoms with Crippen molar-refractivity contribution in [1.82, 2.24) is 15.5 Å². The minimum Gasteiger partial charge on any atom is -0.317 e. The molecule has 3 heteroatoms. The highest BCUT2D eigenvalue weighted by atomic mass is 15.1. The SMILES string of the molecule is Cc1[nH]nc2c1CCC21CCNCC1. The van der Waals surface area contributed by atoms with E-state index in [2.05, 4.69) is 22.4 Å². The van der Waals surface area contributed by atoms with Crippen LogP contribution in [0.25, 0.3) is 0 Å². The quantitative estimate of drug-likeness (QED) is 0.648. The first-order valence-electron chi connectivity index (χ1n) is 5.57. The second kappa shape index (κ2) is 2.83. The lowest BCUT2D eigenvalue weighted by atomic mass is 9.77. The number of aromatic nitrogens is 2. The predicted molar refractivity (Wildman–Crippen MR) is 55.4 cm³/mol. The van der Waals surface area contributed by atoms with Gasteiger partial charge in [0, 0.05) is 11.1 Å². The molecule has 0 radical (unpaired) electrons. The summed E-state index contributed by atoms with van der Waals surface area (Å²) in [6.07, 6.45) is 5.09. The van der Waals surface area contributed by atoms with E-state index in [0.29, 0.717) is 5.41 Å². The van der Waals surface area contributed by atoms with Crippen LogP contribution in [-0.2, 0) is 11.8 Å². The summed E-state index contributed by atoms with van der Waals surface area (Å²) < 4.78 is 0. The van der Waals surface area contributed by atoms with Gasteiger partial charge >= 0.3 is 0 Å². The number of H-pyrrole nitrogens is 1. The number of hydrogen-bond donors (Lipinski definition) is 2. The van der Waals surface area contributed by atoms with Gasteiger partial charge in [0.25, 0.3) is 0 Å². The molecule has 2 heterocycles. The first-order valence-corrected chi connectivity index (χ1v) is 5.57. The third-order valence-corrected chi connectivity index (χ3v) is 3.99. The number of fused-ring (bicyclic) bond motifs is 2. The molecule has 0 aromatic carbocycles. The summed E-state index contributed by atoms with van der Waals surface area (Å²) in [4.78, 5) is 0. The van der Waals surface area contributed by atoms with Crippen LogP contribution in [0.1, 0.15) is 36.2 Å². The molecule has 1 fully saturated rings. The maximum Gasteiger partial charge on any atom is 0.0719 e. The first-order chi connectivity index (χ1) is 6.82. The zero-order valence-corrected chi connectivity index (χ0v) is 8.69. The molecule has 3 nitrogen and oxygen atoms in total. The predicted octanol–water partition coefficient (Wildman–Crippen LogP) is 1.29. The Kier molecular flexibility index (Phi) is 1.71. The summed E-state index contributed by atoms with van der Waals surface area (Å²) in [5.74, 6) is 0. The van der Waals surface area contributed by atoms with Crippen LogP contribution in [-0.4, -0.2) is 23.3 Å². The molecule has 0 amide bonds. The molecule has 2 aliphatic rings. The highest BCUT2D eigenvalue weighted by Crippen LogP contribution is 2.44. The fraction of sp³-hybridized carbons (Fsp3) is 0.727. The lowest BCUT2D eigenvalue weighted by Gasteiger charge is -2.33. The molecule has 2 N–H and O–H groups in total. The summed E-state index contributed by atoms with van der Waals surface area (Å²) in [7, 11) is 0. The van der Waals surface area contributed by atoms with Gasteiger partial charge in [-0.25, -0.2) is 0 Å².